The minimum atomic E-state index is 0.785. The predicted molar refractivity (Wildman–Crippen MR) is 81.4 cm³/mol. The molecule has 0 unspecified atom stereocenters. The summed E-state index contributed by atoms with van der Waals surface area (Å²) in [5.41, 5.74) is 21.3. The van der Waals surface area contributed by atoms with Crippen molar-refractivity contribution in [2.75, 3.05) is 46.3 Å². The highest BCUT2D eigenvalue weighted by Crippen LogP contribution is 1.95. The van der Waals surface area contributed by atoms with E-state index < -0.39 is 0 Å². The van der Waals surface area contributed by atoms with Gasteiger partial charge in [-0.1, -0.05) is 12.8 Å². The quantitative estimate of drug-likeness (QED) is 0.394. The van der Waals surface area contributed by atoms with Crippen molar-refractivity contribution in [1.29, 1.82) is 0 Å². The molecule has 0 saturated heterocycles. The molecule has 0 fully saturated rings. The summed E-state index contributed by atoms with van der Waals surface area (Å²) in [7, 11) is 2.10. The van der Waals surface area contributed by atoms with Gasteiger partial charge >= 0.3 is 0 Å². The van der Waals surface area contributed by atoms with Gasteiger partial charge in [-0.15, -0.1) is 0 Å². The summed E-state index contributed by atoms with van der Waals surface area (Å²) in [5, 5.41) is 0. The highest BCUT2D eigenvalue weighted by Gasteiger charge is 1.94. The summed E-state index contributed by atoms with van der Waals surface area (Å²) in [4.78, 5) is 2.26. The molecule has 0 aliphatic rings. The smallest absolute Gasteiger partial charge is 0.000976 e. The topological polar surface area (TPSA) is 107 Å². The molecule has 0 atom stereocenters. The Morgan fingerprint density at radius 2 is 0.889 bits per heavy atom. The fraction of sp³-hybridized carbons (Fsp3) is 1.00. The molecular weight excluding hydrogens is 226 g/mol. The maximum atomic E-state index is 5.35. The van der Waals surface area contributed by atoms with Gasteiger partial charge in [0, 0.05) is 0 Å². The molecule has 112 valence electrons. The first-order chi connectivity index (χ1) is 8.72. The van der Waals surface area contributed by atoms with E-state index in [1.807, 2.05) is 0 Å². The van der Waals surface area contributed by atoms with E-state index in [0.717, 1.165) is 65.0 Å². The number of hydrogen-bond acceptors (Lipinski definition) is 5. The van der Waals surface area contributed by atoms with Crippen LogP contribution >= 0.6 is 0 Å². The largest absolute Gasteiger partial charge is 0.330 e. The highest BCUT2D eigenvalue weighted by molar-refractivity contribution is 4.52. The lowest BCUT2D eigenvalue weighted by molar-refractivity contribution is 0.329. The number of nitrogens with two attached hydrogens (primary N) is 4. The Morgan fingerprint density at radius 1 is 0.556 bits per heavy atom. The number of nitrogens with zero attached hydrogens (tertiary/aromatic N) is 1. The zero-order chi connectivity index (χ0) is 14.1. The first-order valence-electron chi connectivity index (χ1n) is 7.21. The molecule has 0 bridgehead atoms. The molecule has 8 N–H and O–H groups in total. The molecule has 0 aliphatic heterocycles. The van der Waals surface area contributed by atoms with Crippen molar-refractivity contribution >= 4 is 0 Å². The Bertz CT molecular complexity index is 119. The highest BCUT2D eigenvalue weighted by atomic mass is 15.1. The van der Waals surface area contributed by atoms with Crippen LogP contribution < -0.4 is 22.9 Å². The van der Waals surface area contributed by atoms with Gasteiger partial charge in [0.1, 0.15) is 0 Å². The van der Waals surface area contributed by atoms with Gasteiger partial charge in [0.05, 0.1) is 0 Å². The second kappa shape index (κ2) is 19.1. The Balaban J connectivity index is 0. The van der Waals surface area contributed by atoms with Gasteiger partial charge in [-0.05, 0) is 72.0 Å². The van der Waals surface area contributed by atoms with E-state index in [1.165, 1.54) is 12.8 Å². The molecule has 18 heavy (non-hydrogen) atoms. The fourth-order valence-electron chi connectivity index (χ4n) is 1.48. The summed E-state index contributed by atoms with van der Waals surface area (Å²) in [5.74, 6) is 0. The van der Waals surface area contributed by atoms with Crippen molar-refractivity contribution in [3.63, 3.8) is 0 Å². The second-order valence-electron chi connectivity index (χ2n) is 4.58. The zero-order valence-corrected chi connectivity index (χ0v) is 12.2. The Kier molecular flexibility index (Phi) is 21.4. The molecule has 5 nitrogen and oxygen atoms in total. The van der Waals surface area contributed by atoms with E-state index in [4.69, 9.17) is 22.9 Å². The lowest BCUT2D eigenvalue weighted by Crippen LogP contribution is -2.24. The standard InChI is InChI=1S/C7H19N3.C6H16N2/c1-10(6-2-4-8)7-3-5-9;7-5-3-1-2-4-6-8/h2-9H2,1H3;1-8H2. The molecule has 0 aromatic rings. The number of rotatable bonds is 11. The maximum Gasteiger partial charge on any atom is -0.000976 e. The molecule has 0 aromatic carbocycles. The summed E-state index contributed by atoms with van der Waals surface area (Å²) in [6, 6.07) is 0. The zero-order valence-electron chi connectivity index (χ0n) is 12.2. The third-order valence-electron chi connectivity index (χ3n) is 2.65. The van der Waals surface area contributed by atoms with Gasteiger partial charge in [0.25, 0.3) is 0 Å². The van der Waals surface area contributed by atoms with E-state index in [1.54, 1.807) is 0 Å². The molecule has 0 spiro atoms. The van der Waals surface area contributed by atoms with Gasteiger partial charge in [-0.25, -0.2) is 0 Å². The summed E-state index contributed by atoms with van der Waals surface area (Å²) >= 11 is 0. The van der Waals surface area contributed by atoms with Crippen molar-refractivity contribution < 1.29 is 0 Å². The Labute approximate surface area is 113 Å². The van der Waals surface area contributed by atoms with E-state index in [2.05, 4.69) is 11.9 Å². The van der Waals surface area contributed by atoms with Gasteiger partial charge in [0.15, 0.2) is 0 Å². The normalized spacial score (nSPS) is 10.3. The van der Waals surface area contributed by atoms with Gasteiger partial charge in [-0.3, -0.25) is 0 Å². The van der Waals surface area contributed by atoms with Crippen molar-refractivity contribution in [3.8, 4) is 0 Å². The predicted octanol–water partition coefficient (Wildman–Crippen LogP) is 0.0800. The monoisotopic (exact) mass is 261 g/mol. The van der Waals surface area contributed by atoms with Crippen LogP contribution in [-0.4, -0.2) is 51.2 Å². The molecule has 0 radical (unpaired) electrons. The summed E-state index contributed by atoms with van der Waals surface area (Å²) < 4.78 is 0. The molecule has 0 aliphatic carbocycles. The van der Waals surface area contributed by atoms with E-state index in [0.29, 0.717) is 0 Å². The van der Waals surface area contributed by atoms with Crippen LogP contribution in [0.15, 0.2) is 0 Å². The maximum absolute atomic E-state index is 5.35. The lowest BCUT2D eigenvalue weighted by atomic mass is 10.2. The molecule has 5 heteroatoms. The van der Waals surface area contributed by atoms with Crippen LogP contribution in [-0.2, 0) is 0 Å². The minimum Gasteiger partial charge on any atom is -0.330 e. The average Bonchev–Trinajstić information content (AvgIpc) is 2.40. The van der Waals surface area contributed by atoms with Crippen LogP contribution in [0, 0.1) is 0 Å². The average molecular weight is 261 g/mol. The molecule has 0 aromatic heterocycles. The van der Waals surface area contributed by atoms with Crippen molar-refractivity contribution in [3.05, 3.63) is 0 Å². The third kappa shape index (κ3) is 21.1. The van der Waals surface area contributed by atoms with E-state index >= 15 is 0 Å². The van der Waals surface area contributed by atoms with Crippen LogP contribution in [0.2, 0.25) is 0 Å². The van der Waals surface area contributed by atoms with Crippen molar-refractivity contribution in [2.24, 2.45) is 22.9 Å². The molecular formula is C13H35N5. The number of unbranched alkanes of at least 4 members (excludes halogenated alkanes) is 3. The van der Waals surface area contributed by atoms with E-state index in [9.17, 15) is 0 Å². The van der Waals surface area contributed by atoms with Gasteiger partial charge < -0.3 is 27.8 Å². The first-order valence-corrected chi connectivity index (χ1v) is 7.21. The fourth-order valence-corrected chi connectivity index (χ4v) is 1.48. The SMILES string of the molecule is CN(CCCN)CCCN.NCCCCCCN. The van der Waals surface area contributed by atoms with Crippen LogP contribution in [0.25, 0.3) is 0 Å². The number of hydrogen-bond donors (Lipinski definition) is 4. The Morgan fingerprint density at radius 3 is 1.17 bits per heavy atom. The van der Waals surface area contributed by atoms with Crippen molar-refractivity contribution in [1.82, 2.24) is 4.90 Å². The van der Waals surface area contributed by atoms with Crippen molar-refractivity contribution in [2.45, 2.75) is 38.5 Å². The minimum absolute atomic E-state index is 0.785. The Hall–Kier alpha value is -0.200. The molecule has 0 amide bonds. The summed E-state index contributed by atoms with van der Waals surface area (Å²) in [6.07, 6.45) is 6.96. The third-order valence-corrected chi connectivity index (χ3v) is 2.65. The van der Waals surface area contributed by atoms with E-state index in [-0.39, 0.29) is 0 Å². The molecule has 0 saturated carbocycles. The van der Waals surface area contributed by atoms with Crippen LogP contribution in [0.5, 0.6) is 0 Å². The second-order valence-corrected chi connectivity index (χ2v) is 4.58. The lowest BCUT2D eigenvalue weighted by Gasteiger charge is -2.14. The van der Waals surface area contributed by atoms with Crippen LogP contribution in [0.3, 0.4) is 0 Å². The van der Waals surface area contributed by atoms with Gasteiger partial charge in [0.2, 0.25) is 0 Å². The summed E-state index contributed by atoms with van der Waals surface area (Å²) in [6.45, 7) is 5.40. The molecule has 0 rings (SSSR count). The first kappa shape index (κ1) is 20.1. The van der Waals surface area contributed by atoms with Crippen LogP contribution in [0.1, 0.15) is 38.5 Å². The van der Waals surface area contributed by atoms with Crippen LogP contribution in [0.4, 0.5) is 0 Å². The molecule has 0 heterocycles. The van der Waals surface area contributed by atoms with Gasteiger partial charge in [-0.2, -0.15) is 0 Å².